The van der Waals surface area contributed by atoms with E-state index in [2.05, 4.69) is 15.3 Å². The number of anilines is 1. The van der Waals surface area contributed by atoms with Crippen molar-refractivity contribution in [2.24, 2.45) is 5.73 Å². The van der Waals surface area contributed by atoms with Gasteiger partial charge in [0, 0.05) is 12.1 Å². The molecular weight excluding hydrogens is 204 g/mol. The molecule has 0 spiro atoms. The normalized spacial score (nSPS) is 14.6. The van der Waals surface area contributed by atoms with Crippen LogP contribution in [-0.2, 0) is 12.8 Å². The van der Waals surface area contributed by atoms with Gasteiger partial charge in [0.15, 0.2) is 0 Å². The molecular formula is C11H18N4O. The van der Waals surface area contributed by atoms with Crippen LogP contribution in [-0.4, -0.2) is 23.1 Å². The van der Waals surface area contributed by atoms with E-state index in [0.29, 0.717) is 12.5 Å². The largest absolute Gasteiger partial charge is 0.356 e. The van der Waals surface area contributed by atoms with Gasteiger partial charge in [0.05, 0.1) is 5.69 Å². The van der Waals surface area contributed by atoms with Crippen LogP contribution in [0.5, 0.6) is 0 Å². The number of nitrogens with one attached hydrogen (secondary N) is 2. The predicted octanol–water partition coefficient (Wildman–Crippen LogP) is 0.409. The molecule has 0 radical (unpaired) electrons. The highest BCUT2D eigenvalue weighted by Gasteiger charge is 2.14. The number of nitrogens with two attached hydrogens (primary N) is 1. The van der Waals surface area contributed by atoms with E-state index in [9.17, 15) is 4.79 Å². The summed E-state index contributed by atoms with van der Waals surface area (Å²) in [6.45, 7) is 1.39. The minimum absolute atomic E-state index is 0.0138. The molecule has 0 amide bonds. The van der Waals surface area contributed by atoms with Crippen molar-refractivity contribution in [3.05, 3.63) is 21.6 Å². The van der Waals surface area contributed by atoms with Gasteiger partial charge in [-0.25, -0.2) is 4.98 Å². The first-order valence-electron chi connectivity index (χ1n) is 5.87. The van der Waals surface area contributed by atoms with Crippen LogP contribution >= 0.6 is 0 Å². The van der Waals surface area contributed by atoms with Gasteiger partial charge in [0.1, 0.15) is 0 Å². The summed E-state index contributed by atoms with van der Waals surface area (Å²) in [4.78, 5) is 19.0. The van der Waals surface area contributed by atoms with E-state index in [1.807, 2.05) is 0 Å². The van der Waals surface area contributed by atoms with Crippen LogP contribution in [0, 0.1) is 0 Å². The summed E-state index contributed by atoms with van der Waals surface area (Å²) in [6.07, 6.45) is 4.88. The Balaban J connectivity index is 2.15. The fraction of sp³-hybridized carbons (Fsp3) is 0.636. The summed E-state index contributed by atoms with van der Waals surface area (Å²) >= 11 is 0. The fourth-order valence-electron chi connectivity index (χ4n) is 2.00. The van der Waals surface area contributed by atoms with Crippen molar-refractivity contribution in [1.82, 2.24) is 9.97 Å². The van der Waals surface area contributed by atoms with E-state index in [1.54, 1.807) is 0 Å². The Kier molecular flexibility index (Phi) is 3.56. The third kappa shape index (κ3) is 2.41. The molecule has 1 heterocycles. The number of hydrogen-bond donors (Lipinski definition) is 3. The van der Waals surface area contributed by atoms with Crippen LogP contribution in [0.3, 0.4) is 0 Å². The summed E-state index contributed by atoms with van der Waals surface area (Å²) in [5.74, 6) is 0.582. The van der Waals surface area contributed by atoms with Crippen molar-refractivity contribution in [1.29, 1.82) is 0 Å². The van der Waals surface area contributed by atoms with E-state index in [4.69, 9.17) is 5.73 Å². The molecule has 0 aliphatic heterocycles. The zero-order valence-electron chi connectivity index (χ0n) is 9.38. The van der Waals surface area contributed by atoms with E-state index in [1.165, 1.54) is 0 Å². The van der Waals surface area contributed by atoms with E-state index >= 15 is 0 Å². The van der Waals surface area contributed by atoms with Crippen LogP contribution in [0.1, 0.15) is 30.5 Å². The molecule has 1 aliphatic rings. The topological polar surface area (TPSA) is 83.8 Å². The van der Waals surface area contributed by atoms with E-state index < -0.39 is 0 Å². The van der Waals surface area contributed by atoms with Gasteiger partial charge >= 0.3 is 0 Å². The van der Waals surface area contributed by atoms with Gasteiger partial charge < -0.3 is 11.1 Å². The van der Waals surface area contributed by atoms with Gasteiger partial charge in [0.25, 0.3) is 5.56 Å². The van der Waals surface area contributed by atoms with Crippen LogP contribution in [0.4, 0.5) is 5.95 Å². The average molecular weight is 222 g/mol. The highest BCUT2D eigenvalue weighted by molar-refractivity contribution is 5.30. The second-order valence-electron chi connectivity index (χ2n) is 4.12. The molecule has 0 bridgehead atoms. The Bertz CT molecular complexity index is 413. The number of rotatable bonds is 4. The lowest BCUT2D eigenvalue weighted by Crippen LogP contribution is -2.23. The number of hydrogen-bond acceptors (Lipinski definition) is 4. The summed E-state index contributed by atoms with van der Waals surface area (Å²) in [5, 5.41) is 3.09. The minimum atomic E-state index is 0.0138. The molecule has 4 N–H and O–H groups in total. The lowest BCUT2D eigenvalue weighted by atomic mass is 9.97. The second-order valence-corrected chi connectivity index (χ2v) is 4.12. The van der Waals surface area contributed by atoms with Crippen LogP contribution in [0.15, 0.2) is 4.79 Å². The van der Waals surface area contributed by atoms with Crippen LogP contribution < -0.4 is 16.6 Å². The molecule has 0 saturated heterocycles. The predicted molar refractivity (Wildman–Crippen MR) is 63.7 cm³/mol. The van der Waals surface area contributed by atoms with Crippen molar-refractivity contribution < 1.29 is 0 Å². The number of fused-ring (bicyclic) bond motifs is 1. The molecule has 0 aromatic carbocycles. The summed E-state index contributed by atoms with van der Waals surface area (Å²) in [6, 6.07) is 0. The quantitative estimate of drug-likeness (QED) is 0.644. The molecule has 88 valence electrons. The maximum Gasteiger partial charge on any atom is 0.255 e. The zero-order chi connectivity index (χ0) is 11.4. The molecule has 0 atom stereocenters. The van der Waals surface area contributed by atoms with Crippen molar-refractivity contribution in [2.75, 3.05) is 18.4 Å². The monoisotopic (exact) mass is 222 g/mol. The highest BCUT2D eigenvalue weighted by Crippen LogP contribution is 2.16. The van der Waals surface area contributed by atoms with Crippen molar-refractivity contribution >= 4 is 5.95 Å². The molecule has 2 rings (SSSR count). The molecule has 0 unspecified atom stereocenters. The molecule has 0 fully saturated rings. The summed E-state index contributed by atoms with van der Waals surface area (Å²) in [7, 11) is 0. The Morgan fingerprint density at radius 1 is 1.38 bits per heavy atom. The SMILES string of the molecule is NCCCNc1nc2c(c(=O)[nH]1)CCCC2. The van der Waals surface area contributed by atoms with Crippen LogP contribution in [0.2, 0.25) is 0 Å². The Morgan fingerprint density at radius 2 is 2.19 bits per heavy atom. The standard InChI is InChI=1S/C11H18N4O/c12-6-3-7-13-11-14-9-5-2-1-4-8(9)10(16)15-11/h1-7,12H2,(H2,13,14,15,16). The van der Waals surface area contributed by atoms with Crippen LogP contribution in [0.25, 0.3) is 0 Å². The third-order valence-electron chi connectivity index (χ3n) is 2.86. The maximum atomic E-state index is 11.8. The fourth-order valence-corrected chi connectivity index (χ4v) is 2.00. The molecule has 1 aromatic heterocycles. The van der Waals surface area contributed by atoms with Crippen molar-refractivity contribution in [3.63, 3.8) is 0 Å². The lowest BCUT2D eigenvalue weighted by molar-refractivity contribution is 0.656. The van der Waals surface area contributed by atoms with Crippen molar-refractivity contribution in [2.45, 2.75) is 32.1 Å². The number of H-pyrrole nitrogens is 1. The maximum absolute atomic E-state index is 11.8. The second kappa shape index (κ2) is 5.12. The number of aromatic nitrogens is 2. The van der Waals surface area contributed by atoms with Gasteiger partial charge in [-0.2, -0.15) is 0 Å². The van der Waals surface area contributed by atoms with Gasteiger partial charge in [0.2, 0.25) is 5.95 Å². The molecule has 0 saturated carbocycles. The number of aromatic amines is 1. The van der Waals surface area contributed by atoms with Gasteiger partial charge in [-0.1, -0.05) is 0 Å². The number of nitrogens with zero attached hydrogens (tertiary/aromatic N) is 1. The third-order valence-corrected chi connectivity index (χ3v) is 2.86. The average Bonchev–Trinajstić information content (AvgIpc) is 2.30. The highest BCUT2D eigenvalue weighted by atomic mass is 16.1. The molecule has 1 aromatic rings. The zero-order valence-corrected chi connectivity index (χ0v) is 9.38. The van der Waals surface area contributed by atoms with E-state index in [0.717, 1.165) is 49.9 Å². The lowest BCUT2D eigenvalue weighted by Gasteiger charge is -2.14. The smallest absolute Gasteiger partial charge is 0.255 e. The Labute approximate surface area is 94.5 Å². The minimum Gasteiger partial charge on any atom is -0.356 e. The van der Waals surface area contributed by atoms with Crippen molar-refractivity contribution in [3.8, 4) is 0 Å². The first kappa shape index (κ1) is 11.1. The first-order valence-corrected chi connectivity index (χ1v) is 5.87. The molecule has 16 heavy (non-hydrogen) atoms. The number of aryl methyl sites for hydroxylation is 1. The Morgan fingerprint density at radius 3 is 3.00 bits per heavy atom. The molecule has 5 heteroatoms. The van der Waals surface area contributed by atoms with Gasteiger partial charge in [-0.15, -0.1) is 0 Å². The Hall–Kier alpha value is -1.36. The summed E-state index contributed by atoms with van der Waals surface area (Å²) in [5.41, 5.74) is 7.25. The van der Waals surface area contributed by atoms with E-state index in [-0.39, 0.29) is 5.56 Å². The first-order chi connectivity index (χ1) is 7.81. The molecule has 5 nitrogen and oxygen atoms in total. The van der Waals surface area contributed by atoms with Gasteiger partial charge in [-0.05, 0) is 38.6 Å². The summed E-state index contributed by atoms with van der Waals surface area (Å²) < 4.78 is 0. The molecule has 1 aliphatic carbocycles. The van der Waals surface area contributed by atoms with Gasteiger partial charge in [-0.3, -0.25) is 9.78 Å².